The number of carbonyl (C=O) groups is 1. The molecule has 0 aliphatic carbocycles. The van der Waals surface area contributed by atoms with Crippen LogP contribution < -0.4 is 4.90 Å². The molecule has 5 nitrogen and oxygen atoms in total. The Balaban J connectivity index is 1.50. The zero-order chi connectivity index (χ0) is 20.9. The van der Waals surface area contributed by atoms with Crippen molar-refractivity contribution in [2.75, 3.05) is 17.2 Å². The molecule has 0 saturated heterocycles. The van der Waals surface area contributed by atoms with Gasteiger partial charge in [0.2, 0.25) is 5.91 Å². The van der Waals surface area contributed by atoms with Gasteiger partial charge in [0.05, 0.1) is 22.3 Å². The van der Waals surface area contributed by atoms with Crippen LogP contribution in [-0.2, 0) is 11.3 Å². The summed E-state index contributed by atoms with van der Waals surface area (Å²) in [4.78, 5) is 24.4. The van der Waals surface area contributed by atoms with E-state index in [-0.39, 0.29) is 17.5 Å². The van der Waals surface area contributed by atoms with Gasteiger partial charge in [-0.2, -0.15) is 0 Å². The van der Waals surface area contributed by atoms with Crippen LogP contribution in [0.25, 0.3) is 10.2 Å². The Kier molecular flexibility index (Phi) is 6.66. The highest BCUT2D eigenvalue weighted by molar-refractivity contribution is 8.00. The van der Waals surface area contributed by atoms with Crippen molar-refractivity contribution >= 4 is 56.0 Å². The molecule has 0 radical (unpaired) electrons. The Morgan fingerprint density at radius 1 is 1.23 bits per heavy atom. The predicted octanol–water partition coefficient (Wildman–Crippen LogP) is 5.50. The van der Waals surface area contributed by atoms with Gasteiger partial charge in [-0.05, 0) is 48.9 Å². The maximum Gasteiger partial charge on any atom is 0.239 e. The van der Waals surface area contributed by atoms with Crippen molar-refractivity contribution in [2.24, 2.45) is 0 Å². The van der Waals surface area contributed by atoms with Crippen LogP contribution in [0.4, 0.5) is 9.52 Å². The van der Waals surface area contributed by atoms with Crippen LogP contribution in [0.1, 0.15) is 6.42 Å². The molecule has 9 heteroatoms. The van der Waals surface area contributed by atoms with E-state index in [1.54, 1.807) is 35.6 Å². The van der Waals surface area contributed by atoms with Gasteiger partial charge in [0.15, 0.2) is 5.13 Å². The lowest BCUT2D eigenvalue weighted by molar-refractivity contribution is -0.116. The number of carbonyl (C=O) groups excluding carboxylic acids is 1. The van der Waals surface area contributed by atoms with Crippen molar-refractivity contribution in [3.05, 3.63) is 72.0 Å². The zero-order valence-electron chi connectivity index (χ0n) is 15.9. The Morgan fingerprint density at radius 3 is 2.83 bits per heavy atom. The number of fused-ring (bicyclic) bond motifs is 1. The highest BCUT2D eigenvalue weighted by Crippen LogP contribution is 2.30. The lowest BCUT2D eigenvalue weighted by Gasteiger charge is -2.20. The summed E-state index contributed by atoms with van der Waals surface area (Å²) >= 11 is 8.71. The number of aryl methyl sites for hydroxylation is 1. The van der Waals surface area contributed by atoms with Crippen LogP contribution in [0.3, 0.4) is 0 Å². The predicted molar refractivity (Wildman–Crippen MR) is 121 cm³/mol. The van der Waals surface area contributed by atoms with Gasteiger partial charge in [-0.15, -0.1) is 11.8 Å². The van der Waals surface area contributed by atoms with Crippen molar-refractivity contribution < 1.29 is 9.18 Å². The van der Waals surface area contributed by atoms with Crippen LogP contribution in [0.5, 0.6) is 0 Å². The molecule has 1 amide bonds. The van der Waals surface area contributed by atoms with Crippen LogP contribution in [0.15, 0.2) is 66.1 Å². The van der Waals surface area contributed by atoms with Crippen molar-refractivity contribution in [1.29, 1.82) is 0 Å². The van der Waals surface area contributed by atoms with Crippen LogP contribution in [0, 0.1) is 5.82 Å². The zero-order valence-corrected chi connectivity index (χ0v) is 18.3. The number of nitrogens with zero attached hydrogens (tertiary/aromatic N) is 4. The summed E-state index contributed by atoms with van der Waals surface area (Å²) in [5.74, 6) is -0.0779. The highest BCUT2D eigenvalue weighted by atomic mass is 35.5. The second-order valence-electron chi connectivity index (χ2n) is 6.55. The Bertz CT molecular complexity index is 1130. The first kappa shape index (κ1) is 20.8. The van der Waals surface area contributed by atoms with E-state index in [2.05, 4.69) is 9.97 Å². The number of benzene rings is 2. The minimum Gasteiger partial charge on any atom is -0.337 e. The minimum atomic E-state index is -0.311. The normalized spacial score (nSPS) is 11.1. The third-order valence-corrected chi connectivity index (χ3v) is 6.69. The Hall–Kier alpha value is -2.42. The smallest absolute Gasteiger partial charge is 0.239 e. The van der Waals surface area contributed by atoms with Crippen molar-refractivity contribution in [3.8, 4) is 0 Å². The molecule has 4 aromatic rings. The molecule has 0 unspecified atom stereocenters. The van der Waals surface area contributed by atoms with Crippen LogP contribution in [-0.4, -0.2) is 32.7 Å². The summed E-state index contributed by atoms with van der Waals surface area (Å²) in [6.07, 6.45) is 6.12. The average molecular weight is 461 g/mol. The number of anilines is 1. The second kappa shape index (κ2) is 9.59. The van der Waals surface area contributed by atoms with Gasteiger partial charge in [-0.25, -0.2) is 14.4 Å². The molecule has 30 heavy (non-hydrogen) atoms. The molecule has 0 atom stereocenters. The fourth-order valence-electron chi connectivity index (χ4n) is 2.91. The van der Waals surface area contributed by atoms with Gasteiger partial charge in [0.25, 0.3) is 0 Å². The molecule has 0 bridgehead atoms. The first-order valence-corrected chi connectivity index (χ1v) is 11.5. The standard InChI is InChI=1S/C21H18ClFN4OS2/c22-15-2-5-17(6-3-15)29-13-20(28)27(10-1-9-26-11-8-24-14-26)21-25-18-7-4-16(23)12-19(18)30-21/h2-8,11-12,14H,1,9-10,13H2. The molecule has 0 saturated carbocycles. The van der Waals surface area contributed by atoms with Crippen LogP contribution >= 0.6 is 34.7 Å². The van der Waals surface area contributed by atoms with Crippen molar-refractivity contribution in [1.82, 2.24) is 14.5 Å². The molecule has 0 aliphatic rings. The quantitative estimate of drug-likeness (QED) is 0.326. The number of amides is 1. The molecule has 2 aromatic heterocycles. The Labute approximate surface area is 186 Å². The maximum atomic E-state index is 13.6. The third kappa shape index (κ3) is 5.19. The molecule has 0 N–H and O–H groups in total. The SMILES string of the molecule is O=C(CSc1ccc(Cl)cc1)N(CCCn1ccnc1)c1nc2ccc(F)cc2s1. The van der Waals surface area contributed by atoms with Gasteiger partial charge < -0.3 is 4.57 Å². The lowest BCUT2D eigenvalue weighted by atomic mass is 10.3. The molecule has 0 spiro atoms. The number of aromatic nitrogens is 3. The summed E-state index contributed by atoms with van der Waals surface area (Å²) in [6.45, 7) is 1.26. The van der Waals surface area contributed by atoms with Gasteiger partial charge >= 0.3 is 0 Å². The van der Waals surface area contributed by atoms with Gasteiger partial charge in [-0.3, -0.25) is 9.69 Å². The molecule has 2 aromatic carbocycles. The minimum absolute atomic E-state index is 0.0416. The van der Waals surface area contributed by atoms with Gasteiger partial charge in [0.1, 0.15) is 5.82 Å². The summed E-state index contributed by atoms with van der Waals surface area (Å²) in [6, 6.07) is 11.9. The molecule has 4 rings (SSSR count). The first-order valence-electron chi connectivity index (χ1n) is 9.29. The molecule has 0 fully saturated rings. The number of imidazole rings is 1. The van der Waals surface area contributed by atoms with E-state index < -0.39 is 0 Å². The first-order chi connectivity index (χ1) is 14.6. The molecule has 154 valence electrons. The molecular formula is C21H18ClFN4OS2. The van der Waals surface area contributed by atoms with Gasteiger partial charge in [0, 0.05) is 35.4 Å². The summed E-state index contributed by atoms with van der Waals surface area (Å²) < 4.78 is 16.3. The number of hydrogen-bond acceptors (Lipinski definition) is 5. The van der Waals surface area contributed by atoms with Crippen LogP contribution in [0.2, 0.25) is 5.02 Å². The number of rotatable bonds is 8. The van der Waals surface area contributed by atoms with Crippen molar-refractivity contribution in [3.63, 3.8) is 0 Å². The number of thioether (sulfide) groups is 1. The highest BCUT2D eigenvalue weighted by Gasteiger charge is 2.20. The van der Waals surface area contributed by atoms with Gasteiger partial charge in [-0.1, -0.05) is 22.9 Å². The summed E-state index contributed by atoms with van der Waals surface area (Å²) in [5, 5.41) is 1.25. The van der Waals surface area contributed by atoms with E-state index in [0.717, 1.165) is 22.6 Å². The van der Waals surface area contributed by atoms with E-state index in [9.17, 15) is 9.18 Å². The number of halogens is 2. The molecule has 2 heterocycles. The van der Waals surface area contributed by atoms with Crippen molar-refractivity contribution in [2.45, 2.75) is 17.9 Å². The third-order valence-electron chi connectivity index (χ3n) is 4.40. The number of hydrogen-bond donors (Lipinski definition) is 0. The summed E-state index contributed by atoms with van der Waals surface area (Å²) in [5.41, 5.74) is 0.689. The lowest BCUT2D eigenvalue weighted by Crippen LogP contribution is -2.33. The Morgan fingerprint density at radius 2 is 2.07 bits per heavy atom. The molecule has 0 aliphatic heterocycles. The number of thiazole rings is 1. The fraction of sp³-hybridized carbons (Fsp3) is 0.190. The van der Waals surface area contributed by atoms with E-state index in [0.29, 0.717) is 22.2 Å². The average Bonchev–Trinajstić information content (AvgIpc) is 3.40. The maximum absolute atomic E-state index is 13.6. The van der Waals surface area contributed by atoms with E-state index >= 15 is 0 Å². The van der Waals surface area contributed by atoms with E-state index in [4.69, 9.17) is 11.6 Å². The topological polar surface area (TPSA) is 51.0 Å². The molecular weight excluding hydrogens is 443 g/mol. The van der Waals surface area contributed by atoms with E-state index in [1.807, 2.05) is 22.9 Å². The monoisotopic (exact) mass is 460 g/mol. The largest absolute Gasteiger partial charge is 0.337 e. The van der Waals surface area contributed by atoms with E-state index in [1.165, 1.54) is 35.2 Å². The fourth-order valence-corrected chi connectivity index (χ4v) is 4.85. The second-order valence-corrected chi connectivity index (χ2v) is 9.04. The summed E-state index contributed by atoms with van der Waals surface area (Å²) in [7, 11) is 0.